The molecule has 0 radical (unpaired) electrons. The van der Waals surface area contributed by atoms with Gasteiger partial charge in [0.1, 0.15) is 5.75 Å². The molecule has 3 rings (SSSR count). The van der Waals surface area contributed by atoms with Gasteiger partial charge >= 0.3 is 6.11 Å². The SMILES string of the molecule is CCCC1COC(C2CCC(C(F)(F)Oc3cc(F)c(F)c(F)c3)CC2)OC1. The van der Waals surface area contributed by atoms with Gasteiger partial charge in [-0.1, -0.05) is 13.3 Å². The van der Waals surface area contributed by atoms with Gasteiger partial charge < -0.3 is 14.2 Å². The van der Waals surface area contributed by atoms with Crippen LogP contribution in [0.5, 0.6) is 5.75 Å². The van der Waals surface area contributed by atoms with E-state index < -0.39 is 35.2 Å². The van der Waals surface area contributed by atoms with Crippen LogP contribution in [0.4, 0.5) is 22.0 Å². The molecule has 1 aromatic rings. The summed E-state index contributed by atoms with van der Waals surface area (Å²) < 4.78 is 84.4. The van der Waals surface area contributed by atoms with E-state index in [9.17, 15) is 22.0 Å². The Morgan fingerprint density at radius 1 is 1.00 bits per heavy atom. The molecule has 1 heterocycles. The molecule has 0 spiro atoms. The highest BCUT2D eigenvalue weighted by Gasteiger charge is 2.45. The molecule has 2 aliphatic rings. The van der Waals surface area contributed by atoms with E-state index in [1.165, 1.54) is 0 Å². The van der Waals surface area contributed by atoms with Crippen LogP contribution in [0, 0.1) is 35.2 Å². The Morgan fingerprint density at radius 2 is 1.57 bits per heavy atom. The Kier molecular flexibility index (Phi) is 6.81. The molecule has 0 bridgehead atoms. The molecule has 28 heavy (non-hydrogen) atoms. The van der Waals surface area contributed by atoms with Crippen molar-refractivity contribution in [3.63, 3.8) is 0 Å². The number of hydrogen-bond donors (Lipinski definition) is 0. The Hall–Kier alpha value is -1.41. The zero-order chi connectivity index (χ0) is 20.3. The highest BCUT2D eigenvalue weighted by molar-refractivity contribution is 5.25. The number of rotatable bonds is 6. The van der Waals surface area contributed by atoms with Gasteiger partial charge in [-0.05, 0) is 32.1 Å². The highest BCUT2D eigenvalue weighted by Crippen LogP contribution is 2.42. The normalized spacial score (nSPS) is 28.9. The van der Waals surface area contributed by atoms with Crippen molar-refractivity contribution >= 4 is 0 Å². The molecule has 158 valence electrons. The lowest BCUT2D eigenvalue weighted by molar-refractivity contribution is -0.247. The van der Waals surface area contributed by atoms with Crippen LogP contribution >= 0.6 is 0 Å². The van der Waals surface area contributed by atoms with Crippen molar-refractivity contribution in [3.05, 3.63) is 29.6 Å². The van der Waals surface area contributed by atoms with Gasteiger partial charge in [0.25, 0.3) is 0 Å². The minimum atomic E-state index is -3.61. The summed E-state index contributed by atoms with van der Waals surface area (Å²) >= 11 is 0. The van der Waals surface area contributed by atoms with Crippen molar-refractivity contribution < 1.29 is 36.2 Å². The van der Waals surface area contributed by atoms with Crippen LogP contribution in [0.25, 0.3) is 0 Å². The lowest BCUT2D eigenvalue weighted by atomic mass is 9.80. The average Bonchev–Trinajstić information content (AvgIpc) is 2.67. The molecule has 1 aliphatic heterocycles. The van der Waals surface area contributed by atoms with E-state index >= 15 is 0 Å². The molecule has 0 atom stereocenters. The second-order valence-electron chi connectivity index (χ2n) is 7.67. The van der Waals surface area contributed by atoms with Crippen molar-refractivity contribution in [1.29, 1.82) is 0 Å². The van der Waals surface area contributed by atoms with Crippen molar-refractivity contribution in [2.75, 3.05) is 13.2 Å². The first-order valence-electron chi connectivity index (χ1n) is 9.74. The zero-order valence-electron chi connectivity index (χ0n) is 15.7. The summed E-state index contributed by atoms with van der Waals surface area (Å²) in [5, 5.41) is 0. The first-order chi connectivity index (χ1) is 13.3. The molecule has 0 amide bonds. The first kappa shape index (κ1) is 21.3. The average molecular weight is 408 g/mol. The number of ether oxygens (including phenoxy) is 3. The molecule has 1 saturated heterocycles. The highest BCUT2D eigenvalue weighted by atomic mass is 19.3. The fourth-order valence-electron chi connectivity index (χ4n) is 3.96. The molecule has 0 aromatic heterocycles. The predicted molar refractivity (Wildman–Crippen MR) is 91.4 cm³/mol. The van der Waals surface area contributed by atoms with Crippen LogP contribution in [0.15, 0.2) is 12.1 Å². The van der Waals surface area contributed by atoms with Gasteiger partial charge in [-0.15, -0.1) is 0 Å². The summed E-state index contributed by atoms with van der Waals surface area (Å²) in [5.41, 5.74) is 0. The fourth-order valence-corrected chi connectivity index (χ4v) is 3.96. The lowest BCUT2D eigenvalue weighted by Gasteiger charge is -2.38. The molecular weight excluding hydrogens is 383 g/mol. The maximum absolute atomic E-state index is 14.4. The molecule has 2 fully saturated rings. The Morgan fingerprint density at radius 3 is 2.11 bits per heavy atom. The largest absolute Gasteiger partial charge is 0.432 e. The molecular formula is C20H25F5O3. The Balaban J connectivity index is 1.52. The molecule has 8 heteroatoms. The summed E-state index contributed by atoms with van der Waals surface area (Å²) in [6.45, 7) is 3.35. The third-order valence-electron chi connectivity index (χ3n) is 5.53. The number of hydrogen-bond acceptors (Lipinski definition) is 3. The van der Waals surface area contributed by atoms with Crippen molar-refractivity contribution in [3.8, 4) is 5.75 Å². The zero-order valence-corrected chi connectivity index (χ0v) is 15.7. The van der Waals surface area contributed by atoms with Gasteiger partial charge in [0, 0.05) is 24.0 Å². The van der Waals surface area contributed by atoms with Crippen molar-refractivity contribution in [1.82, 2.24) is 0 Å². The van der Waals surface area contributed by atoms with Gasteiger partial charge in [0.05, 0.1) is 19.1 Å². The maximum Gasteiger partial charge on any atom is 0.400 e. The van der Waals surface area contributed by atoms with Gasteiger partial charge in [-0.3, -0.25) is 0 Å². The summed E-state index contributed by atoms with van der Waals surface area (Å²) in [5.74, 6) is -6.27. The standard InChI is InChI=1S/C20H25F5O3/c1-2-3-12-10-26-19(27-11-12)13-4-6-14(7-5-13)20(24,25)28-15-8-16(21)18(23)17(22)9-15/h8-9,12-14,19H,2-7,10-11H2,1H3. The summed E-state index contributed by atoms with van der Waals surface area (Å²) in [6, 6.07) is 0.850. The number of halogens is 5. The first-order valence-corrected chi connectivity index (χ1v) is 9.74. The van der Waals surface area contributed by atoms with Crippen LogP contribution in [-0.4, -0.2) is 25.6 Å². The monoisotopic (exact) mass is 408 g/mol. The summed E-state index contributed by atoms with van der Waals surface area (Å²) in [4.78, 5) is 0. The summed E-state index contributed by atoms with van der Waals surface area (Å²) in [6.07, 6.45) is -0.571. The Labute approximate surface area is 161 Å². The van der Waals surface area contributed by atoms with E-state index in [-0.39, 0.29) is 25.0 Å². The van der Waals surface area contributed by atoms with E-state index in [4.69, 9.17) is 9.47 Å². The van der Waals surface area contributed by atoms with E-state index in [1.54, 1.807) is 0 Å². The van der Waals surface area contributed by atoms with Crippen molar-refractivity contribution in [2.45, 2.75) is 57.8 Å². The quantitative estimate of drug-likeness (QED) is 0.448. The van der Waals surface area contributed by atoms with E-state index in [0.717, 1.165) is 12.8 Å². The number of alkyl halides is 2. The van der Waals surface area contributed by atoms with E-state index in [2.05, 4.69) is 11.7 Å². The third-order valence-corrected chi connectivity index (χ3v) is 5.53. The topological polar surface area (TPSA) is 27.7 Å². The van der Waals surface area contributed by atoms with Crippen LogP contribution in [0.3, 0.4) is 0 Å². The molecule has 1 aliphatic carbocycles. The van der Waals surface area contributed by atoms with Crippen LogP contribution in [0.1, 0.15) is 45.4 Å². The smallest absolute Gasteiger partial charge is 0.400 e. The second kappa shape index (κ2) is 8.95. The van der Waals surface area contributed by atoms with E-state index in [0.29, 0.717) is 44.1 Å². The Bertz CT molecular complexity index is 630. The lowest BCUT2D eigenvalue weighted by Crippen LogP contribution is -2.42. The summed E-state index contributed by atoms with van der Waals surface area (Å²) in [7, 11) is 0. The van der Waals surface area contributed by atoms with Crippen LogP contribution in [0.2, 0.25) is 0 Å². The predicted octanol–water partition coefficient (Wildman–Crippen LogP) is 5.67. The van der Waals surface area contributed by atoms with Gasteiger partial charge in [-0.25, -0.2) is 13.2 Å². The van der Waals surface area contributed by atoms with Crippen molar-refractivity contribution in [2.24, 2.45) is 17.8 Å². The van der Waals surface area contributed by atoms with Crippen LogP contribution in [-0.2, 0) is 9.47 Å². The van der Waals surface area contributed by atoms with E-state index in [1.807, 2.05) is 0 Å². The minimum absolute atomic E-state index is 0.0373. The molecule has 3 nitrogen and oxygen atoms in total. The number of benzene rings is 1. The van der Waals surface area contributed by atoms with Gasteiger partial charge in [0.15, 0.2) is 23.7 Å². The van der Waals surface area contributed by atoms with Gasteiger partial charge in [-0.2, -0.15) is 8.78 Å². The molecule has 0 unspecified atom stereocenters. The van der Waals surface area contributed by atoms with Crippen LogP contribution < -0.4 is 4.74 Å². The van der Waals surface area contributed by atoms with Gasteiger partial charge in [0.2, 0.25) is 0 Å². The molecule has 1 aromatic carbocycles. The maximum atomic E-state index is 14.4. The fraction of sp³-hybridized carbons (Fsp3) is 0.700. The minimum Gasteiger partial charge on any atom is -0.432 e. The second-order valence-corrected chi connectivity index (χ2v) is 7.67. The third kappa shape index (κ3) is 4.95. The molecule has 0 N–H and O–H groups in total. The molecule has 1 saturated carbocycles.